The van der Waals surface area contributed by atoms with Crippen LogP contribution in [0.4, 0.5) is 4.39 Å². The number of carbonyl (C=O) groups excluding carboxylic acids is 1. The fraction of sp³-hybridized carbons (Fsp3) is 0.333. The molecule has 1 aromatic rings. The van der Waals surface area contributed by atoms with Crippen molar-refractivity contribution in [2.24, 2.45) is 10.4 Å². The molecule has 0 saturated heterocycles. The van der Waals surface area contributed by atoms with E-state index in [4.69, 9.17) is 0 Å². The lowest BCUT2D eigenvalue weighted by Gasteiger charge is -2.11. The second kappa shape index (κ2) is 4.87. The zero-order valence-electron chi connectivity index (χ0n) is 9.42. The van der Waals surface area contributed by atoms with Gasteiger partial charge in [-0.3, -0.25) is 4.79 Å². The molecule has 0 saturated carbocycles. The lowest BCUT2D eigenvalue weighted by atomic mass is 9.96. The van der Waals surface area contributed by atoms with E-state index in [1.54, 1.807) is 26.8 Å². The van der Waals surface area contributed by atoms with Crippen molar-refractivity contribution in [3.05, 3.63) is 34.1 Å². The van der Waals surface area contributed by atoms with Crippen LogP contribution in [0.3, 0.4) is 0 Å². The van der Waals surface area contributed by atoms with Gasteiger partial charge in [-0.1, -0.05) is 36.7 Å². The first kappa shape index (κ1) is 13.0. The van der Waals surface area contributed by atoms with Crippen molar-refractivity contribution in [1.82, 2.24) is 0 Å². The summed E-state index contributed by atoms with van der Waals surface area (Å²) in [5.74, 6) is -0.591. The minimum atomic E-state index is -0.513. The molecule has 0 aliphatic heterocycles. The Labute approximate surface area is 103 Å². The molecule has 16 heavy (non-hydrogen) atoms. The fourth-order valence-electron chi connectivity index (χ4n) is 0.977. The Morgan fingerprint density at radius 2 is 2.00 bits per heavy atom. The van der Waals surface area contributed by atoms with Crippen LogP contribution in [0.25, 0.3) is 0 Å². The maximum absolute atomic E-state index is 13.0. The minimum Gasteiger partial charge on any atom is -0.272 e. The number of rotatable bonds is 1. The number of hydrogen-bond acceptors (Lipinski definition) is 1. The van der Waals surface area contributed by atoms with Crippen LogP contribution >= 0.6 is 15.9 Å². The Morgan fingerprint density at radius 3 is 2.50 bits per heavy atom. The summed E-state index contributed by atoms with van der Waals surface area (Å²) in [4.78, 5) is 15.3. The van der Waals surface area contributed by atoms with Crippen molar-refractivity contribution in [1.29, 1.82) is 0 Å². The molecule has 1 amide bonds. The van der Waals surface area contributed by atoms with Gasteiger partial charge in [0.15, 0.2) is 0 Å². The van der Waals surface area contributed by atoms with Crippen molar-refractivity contribution < 1.29 is 9.18 Å². The van der Waals surface area contributed by atoms with Crippen LogP contribution in [0.2, 0.25) is 0 Å². The SMILES string of the molecule is CC(C)(C)C(=O)/N=C/c1cc(F)cc(Br)c1. The van der Waals surface area contributed by atoms with Crippen molar-refractivity contribution in [3.63, 3.8) is 0 Å². The summed E-state index contributed by atoms with van der Waals surface area (Å²) in [5, 5.41) is 0. The van der Waals surface area contributed by atoms with E-state index in [0.717, 1.165) is 0 Å². The van der Waals surface area contributed by atoms with Crippen molar-refractivity contribution >= 4 is 28.1 Å². The van der Waals surface area contributed by atoms with E-state index in [1.165, 1.54) is 18.3 Å². The molecule has 0 radical (unpaired) electrons. The summed E-state index contributed by atoms with van der Waals surface area (Å²) < 4.78 is 13.6. The van der Waals surface area contributed by atoms with Crippen LogP contribution in [0, 0.1) is 11.2 Å². The van der Waals surface area contributed by atoms with Crippen LogP contribution in [0.1, 0.15) is 26.3 Å². The molecular formula is C12H13BrFNO. The first-order valence-corrected chi connectivity index (χ1v) is 5.63. The number of carbonyl (C=O) groups is 1. The molecule has 86 valence electrons. The Balaban J connectivity index is 2.89. The molecule has 0 N–H and O–H groups in total. The van der Waals surface area contributed by atoms with E-state index in [2.05, 4.69) is 20.9 Å². The summed E-state index contributed by atoms with van der Waals surface area (Å²) >= 11 is 3.17. The zero-order chi connectivity index (χ0) is 12.3. The summed E-state index contributed by atoms with van der Waals surface area (Å²) in [6, 6.07) is 4.37. The predicted molar refractivity (Wildman–Crippen MR) is 66.2 cm³/mol. The van der Waals surface area contributed by atoms with Crippen LogP contribution in [0.5, 0.6) is 0 Å². The predicted octanol–water partition coefficient (Wildman–Crippen LogP) is 3.58. The highest BCUT2D eigenvalue weighted by atomic mass is 79.9. The second-order valence-electron chi connectivity index (χ2n) is 4.52. The largest absolute Gasteiger partial charge is 0.272 e. The molecule has 4 heteroatoms. The Bertz CT molecular complexity index is 415. The summed E-state index contributed by atoms with van der Waals surface area (Å²) in [5.41, 5.74) is 0.0469. The van der Waals surface area contributed by atoms with E-state index in [9.17, 15) is 9.18 Å². The monoisotopic (exact) mass is 285 g/mol. The van der Waals surface area contributed by atoms with Gasteiger partial charge in [-0.05, 0) is 23.8 Å². The van der Waals surface area contributed by atoms with Crippen LogP contribution < -0.4 is 0 Å². The first-order chi connectivity index (χ1) is 7.29. The topological polar surface area (TPSA) is 29.4 Å². The normalized spacial score (nSPS) is 12.1. The van der Waals surface area contributed by atoms with Crippen molar-refractivity contribution in [3.8, 4) is 0 Å². The number of halogens is 2. The molecule has 0 bridgehead atoms. The zero-order valence-corrected chi connectivity index (χ0v) is 11.0. The molecule has 0 atom stereocenters. The molecule has 1 aromatic carbocycles. The van der Waals surface area contributed by atoms with Gasteiger partial charge in [0.1, 0.15) is 5.82 Å². The maximum Gasteiger partial charge on any atom is 0.251 e. The Hall–Kier alpha value is -1.03. The number of hydrogen-bond donors (Lipinski definition) is 0. The lowest BCUT2D eigenvalue weighted by molar-refractivity contribution is -0.124. The summed E-state index contributed by atoms with van der Waals surface area (Å²) in [6.07, 6.45) is 1.38. The first-order valence-electron chi connectivity index (χ1n) is 4.83. The van der Waals surface area contributed by atoms with Gasteiger partial charge in [0.25, 0.3) is 5.91 Å². The van der Waals surface area contributed by atoms with Crippen LogP contribution in [-0.4, -0.2) is 12.1 Å². The number of benzene rings is 1. The van der Waals surface area contributed by atoms with Gasteiger partial charge in [0.2, 0.25) is 0 Å². The van der Waals surface area contributed by atoms with E-state index >= 15 is 0 Å². The second-order valence-corrected chi connectivity index (χ2v) is 5.43. The molecule has 0 aromatic heterocycles. The van der Waals surface area contributed by atoms with Crippen LogP contribution in [0.15, 0.2) is 27.7 Å². The van der Waals surface area contributed by atoms with Gasteiger partial charge in [0, 0.05) is 16.1 Å². The molecule has 0 unspecified atom stereocenters. The van der Waals surface area contributed by atoms with Crippen LogP contribution in [-0.2, 0) is 4.79 Å². The van der Waals surface area contributed by atoms with Gasteiger partial charge in [-0.25, -0.2) is 9.38 Å². The van der Waals surface area contributed by atoms with E-state index in [-0.39, 0.29) is 11.7 Å². The highest BCUT2D eigenvalue weighted by molar-refractivity contribution is 9.10. The maximum atomic E-state index is 13.0. The number of aliphatic imine (C=N–C) groups is 1. The van der Waals surface area contributed by atoms with Crippen molar-refractivity contribution in [2.45, 2.75) is 20.8 Å². The molecule has 0 aliphatic rings. The average Bonchev–Trinajstić information content (AvgIpc) is 2.11. The molecule has 2 nitrogen and oxygen atoms in total. The van der Waals surface area contributed by atoms with Gasteiger partial charge in [0.05, 0.1) is 0 Å². The molecule has 1 rings (SSSR count). The lowest BCUT2D eigenvalue weighted by Crippen LogP contribution is -2.17. The Morgan fingerprint density at radius 1 is 1.38 bits per heavy atom. The van der Waals surface area contributed by atoms with Gasteiger partial charge in [-0.2, -0.15) is 0 Å². The average molecular weight is 286 g/mol. The molecule has 0 spiro atoms. The van der Waals surface area contributed by atoms with Gasteiger partial charge in [-0.15, -0.1) is 0 Å². The van der Waals surface area contributed by atoms with Crippen molar-refractivity contribution in [2.75, 3.05) is 0 Å². The number of nitrogens with zero attached hydrogens (tertiary/aromatic N) is 1. The molecular weight excluding hydrogens is 273 g/mol. The minimum absolute atomic E-state index is 0.229. The van der Waals surface area contributed by atoms with E-state index in [1.807, 2.05) is 0 Å². The highest BCUT2D eigenvalue weighted by Gasteiger charge is 2.19. The highest BCUT2D eigenvalue weighted by Crippen LogP contribution is 2.16. The third kappa shape index (κ3) is 3.85. The molecule has 0 fully saturated rings. The summed E-state index contributed by atoms with van der Waals surface area (Å²) in [6.45, 7) is 5.36. The standard InChI is InChI=1S/C12H13BrFNO/c1-12(2,3)11(16)15-7-8-4-9(13)6-10(14)5-8/h4-7H,1-3H3/b15-7+. The number of amides is 1. The van der Waals surface area contributed by atoms with E-state index in [0.29, 0.717) is 10.0 Å². The molecule has 0 aliphatic carbocycles. The van der Waals surface area contributed by atoms with Gasteiger partial charge >= 0.3 is 0 Å². The summed E-state index contributed by atoms with van der Waals surface area (Å²) in [7, 11) is 0. The quantitative estimate of drug-likeness (QED) is 0.725. The molecule has 0 heterocycles. The third-order valence-corrected chi connectivity index (χ3v) is 2.32. The fourth-order valence-corrected chi connectivity index (χ4v) is 1.46. The Kier molecular flexibility index (Phi) is 3.97. The smallest absolute Gasteiger partial charge is 0.251 e. The third-order valence-electron chi connectivity index (χ3n) is 1.86. The van der Waals surface area contributed by atoms with E-state index < -0.39 is 5.41 Å². The van der Waals surface area contributed by atoms with Gasteiger partial charge < -0.3 is 0 Å².